The first-order chi connectivity index (χ1) is 18.4. The second-order valence-electron chi connectivity index (χ2n) is 11.1. The lowest BCUT2D eigenvalue weighted by Gasteiger charge is -2.24. The van der Waals surface area contributed by atoms with Gasteiger partial charge in [-0.2, -0.15) is 0 Å². The fraction of sp³-hybridized carbons (Fsp3) is 0.281. The van der Waals surface area contributed by atoms with Crippen molar-refractivity contribution in [2.75, 3.05) is 12.0 Å². The van der Waals surface area contributed by atoms with Gasteiger partial charge in [0.25, 0.3) is 5.78 Å². The zero-order valence-electron chi connectivity index (χ0n) is 23.2. The molecule has 1 aromatic heterocycles. The summed E-state index contributed by atoms with van der Waals surface area (Å²) in [6.07, 6.45) is 0. The molecule has 39 heavy (non-hydrogen) atoms. The van der Waals surface area contributed by atoms with Gasteiger partial charge < -0.3 is 9.84 Å². The van der Waals surface area contributed by atoms with Crippen molar-refractivity contribution in [2.45, 2.75) is 53.0 Å². The Morgan fingerprint density at radius 2 is 1.72 bits per heavy atom. The molecular weight excluding hydrogens is 508 g/mol. The highest BCUT2D eigenvalue weighted by molar-refractivity contribution is 7.22. The van der Waals surface area contributed by atoms with E-state index in [9.17, 15) is 14.7 Å². The largest absolute Gasteiger partial charge is 0.507 e. The summed E-state index contributed by atoms with van der Waals surface area (Å²) in [4.78, 5) is 33.6. The normalized spacial score (nSPS) is 17.3. The molecule has 0 spiro atoms. The van der Waals surface area contributed by atoms with E-state index in [0.717, 1.165) is 32.5 Å². The van der Waals surface area contributed by atoms with Crippen LogP contribution in [0.1, 0.15) is 60.2 Å². The van der Waals surface area contributed by atoms with Crippen molar-refractivity contribution < 1.29 is 19.4 Å². The van der Waals surface area contributed by atoms with Crippen molar-refractivity contribution in [3.8, 4) is 5.75 Å². The first-order valence-corrected chi connectivity index (χ1v) is 13.7. The topological polar surface area (TPSA) is 79.7 Å². The number of anilines is 1. The molecule has 5 rings (SSSR count). The van der Waals surface area contributed by atoms with Crippen molar-refractivity contribution in [1.82, 2.24) is 4.98 Å². The molecule has 1 amide bonds. The van der Waals surface area contributed by atoms with Gasteiger partial charge in [-0.1, -0.05) is 68.0 Å². The Labute approximate surface area is 232 Å². The number of carbonyl (C=O) groups is 2. The summed E-state index contributed by atoms with van der Waals surface area (Å²) in [6.45, 7) is 12.2. The SMILES string of the molecule is COc1ccc(C(C)(C)C)cc1/C(O)=C1\C(=O)C(=O)N(c2nc3cc(C)c(C)cc3s2)C1c1cccc(C)c1. The first kappa shape index (κ1) is 26.6. The van der Waals surface area contributed by atoms with E-state index < -0.39 is 17.7 Å². The molecule has 0 saturated carbocycles. The number of aliphatic hydroxyl groups excluding tert-OH is 1. The summed E-state index contributed by atoms with van der Waals surface area (Å²) >= 11 is 1.36. The number of fused-ring (bicyclic) bond motifs is 1. The minimum absolute atomic E-state index is 0.0153. The van der Waals surface area contributed by atoms with Gasteiger partial charge in [-0.25, -0.2) is 4.98 Å². The minimum atomic E-state index is -0.851. The molecule has 4 aromatic rings. The van der Waals surface area contributed by atoms with Crippen molar-refractivity contribution >= 4 is 44.1 Å². The van der Waals surface area contributed by atoms with Crippen LogP contribution in [-0.2, 0) is 15.0 Å². The number of aromatic nitrogens is 1. The predicted octanol–water partition coefficient (Wildman–Crippen LogP) is 7.15. The zero-order valence-corrected chi connectivity index (χ0v) is 24.1. The molecule has 1 N–H and O–H groups in total. The molecule has 7 heteroatoms. The second-order valence-corrected chi connectivity index (χ2v) is 12.2. The average molecular weight is 541 g/mol. The fourth-order valence-corrected chi connectivity index (χ4v) is 6.03. The molecule has 200 valence electrons. The third-order valence-corrected chi connectivity index (χ3v) is 8.34. The number of ketones is 1. The maximum atomic E-state index is 13.7. The standard InChI is InChI=1S/C32H32N2O4S/c1-17-9-8-10-20(13-17)27-26(28(35)22-16-21(32(4,5)6)11-12-24(22)38-7)29(36)30(37)34(27)31-33-23-14-18(2)19(3)15-25(23)39-31/h8-16,27,35H,1-7H3/b28-26+. The highest BCUT2D eigenvalue weighted by Crippen LogP contribution is 2.46. The number of carbonyl (C=O) groups excluding carboxylic acids is 2. The van der Waals surface area contributed by atoms with Gasteiger partial charge in [-0.15, -0.1) is 0 Å². The van der Waals surface area contributed by atoms with Gasteiger partial charge in [-0.3, -0.25) is 14.5 Å². The van der Waals surface area contributed by atoms with Crippen LogP contribution in [0, 0.1) is 20.8 Å². The van der Waals surface area contributed by atoms with E-state index >= 15 is 0 Å². The summed E-state index contributed by atoms with van der Waals surface area (Å²) in [6, 6.07) is 16.4. The van der Waals surface area contributed by atoms with E-state index in [2.05, 4.69) is 20.8 Å². The van der Waals surface area contributed by atoms with Crippen LogP contribution in [0.25, 0.3) is 16.0 Å². The van der Waals surface area contributed by atoms with E-state index in [-0.39, 0.29) is 16.7 Å². The molecular formula is C32H32N2O4S. The van der Waals surface area contributed by atoms with Crippen LogP contribution in [0.5, 0.6) is 5.75 Å². The Morgan fingerprint density at radius 1 is 1.00 bits per heavy atom. The van der Waals surface area contributed by atoms with Crippen LogP contribution < -0.4 is 9.64 Å². The Balaban J connectivity index is 1.77. The molecule has 0 bridgehead atoms. The molecule has 0 radical (unpaired) electrons. The molecule has 6 nitrogen and oxygen atoms in total. The lowest BCUT2D eigenvalue weighted by molar-refractivity contribution is -0.132. The van der Waals surface area contributed by atoms with Gasteiger partial charge in [0.05, 0.1) is 34.5 Å². The molecule has 1 aliphatic rings. The van der Waals surface area contributed by atoms with Gasteiger partial charge >= 0.3 is 5.91 Å². The van der Waals surface area contributed by atoms with Crippen molar-refractivity contribution in [3.05, 3.63) is 93.6 Å². The average Bonchev–Trinajstić information content (AvgIpc) is 3.40. The molecule has 2 heterocycles. The third-order valence-electron chi connectivity index (χ3n) is 7.32. The number of ether oxygens (including phenoxy) is 1. The quantitative estimate of drug-likeness (QED) is 0.169. The van der Waals surface area contributed by atoms with Gasteiger partial charge in [0.15, 0.2) is 5.13 Å². The van der Waals surface area contributed by atoms with Crippen LogP contribution in [0.15, 0.2) is 60.2 Å². The zero-order chi connectivity index (χ0) is 28.2. The summed E-state index contributed by atoms with van der Waals surface area (Å²) in [7, 11) is 1.52. The second kappa shape index (κ2) is 9.65. The van der Waals surface area contributed by atoms with E-state index in [1.165, 1.54) is 23.3 Å². The highest BCUT2D eigenvalue weighted by Gasteiger charge is 2.48. The van der Waals surface area contributed by atoms with Crippen LogP contribution in [0.2, 0.25) is 0 Å². The first-order valence-electron chi connectivity index (χ1n) is 12.8. The number of hydrogen-bond acceptors (Lipinski definition) is 6. The van der Waals surface area contributed by atoms with Gasteiger partial charge in [0, 0.05) is 0 Å². The molecule has 3 aromatic carbocycles. The Kier molecular flexibility index (Phi) is 6.59. The van der Waals surface area contributed by atoms with Crippen LogP contribution in [0.3, 0.4) is 0 Å². The maximum Gasteiger partial charge on any atom is 0.301 e. The number of hydrogen-bond donors (Lipinski definition) is 1. The lowest BCUT2D eigenvalue weighted by atomic mass is 9.85. The van der Waals surface area contributed by atoms with Crippen LogP contribution in [0.4, 0.5) is 5.13 Å². The summed E-state index contributed by atoms with van der Waals surface area (Å²) in [5, 5.41) is 12.2. The van der Waals surface area contributed by atoms with Crippen LogP contribution in [-0.4, -0.2) is 28.9 Å². The monoisotopic (exact) mass is 540 g/mol. The molecule has 1 saturated heterocycles. The van der Waals surface area contributed by atoms with E-state index in [4.69, 9.17) is 9.72 Å². The van der Waals surface area contributed by atoms with Crippen molar-refractivity contribution in [1.29, 1.82) is 0 Å². The number of methoxy groups -OCH3 is 1. The van der Waals surface area contributed by atoms with Crippen LogP contribution >= 0.6 is 11.3 Å². The molecule has 1 unspecified atom stereocenters. The van der Waals surface area contributed by atoms with Crippen molar-refractivity contribution in [3.63, 3.8) is 0 Å². The molecule has 0 aliphatic carbocycles. The van der Waals surface area contributed by atoms with Crippen molar-refractivity contribution in [2.24, 2.45) is 0 Å². The molecule has 1 atom stereocenters. The summed E-state index contributed by atoms with van der Waals surface area (Å²) in [5.74, 6) is -1.32. The predicted molar refractivity (Wildman–Crippen MR) is 157 cm³/mol. The Bertz CT molecular complexity index is 1640. The lowest BCUT2D eigenvalue weighted by Crippen LogP contribution is -2.29. The van der Waals surface area contributed by atoms with Gasteiger partial charge in [0.2, 0.25) is 0 Å². The number of benzene rings is 3. The third kappa shape index (κ3) is 4.61. The number of aryl methyl sites for hydroxylation is 3. The number of rotatable bonds is 4. The van der Waals surface area contributed by atoms with E-state index in [1.54, 1.807) is 6.07 Å². The number of aliphatic hydroxyl groups is 1. The van der Waals surface area contributed by atoms with Gasteiger partial charge in [0.1, 0.15) is 11.5 Å². The Morgan fingerprint density at radius 3 is 2.38 bits per heavy atom. The molecule has 1 fully saturated rings. The maximum absolute atomic E-state index is 13.7. The van der Waals surface area contributed by atoms with E-state index in [0.29, 0.717) is 22.0 Å². The fourth-order valence-electron chi connectivity index (χ4n) is 4.96. The number of nitrogens with zero attached hydrogens (tertiary/aromatic N) is 2. The summed E-state index contributed by atoms with van der Waals surface area (Å²) in [5.41, 5.74) is 5.82. The minimum Gasteiger partial charge on any atom is -0.507 e. The van der Waals surface area contributed by atoms with E-state index in [1.807, 2.05) is 69.3 Å². The number of thiazole rings is 1. The van der Waals surface area contributed by atoms with Gasteiger partial charge in [-0.05, 0) is 72.7 Å². The number of amides is 1. The number of Topliss-reactive ketones (excluding diaryl/α,β-unsaturated/α-hetero) is 1. The Hall–Kier alpha value is -3.97. The summed E-state index contributed by atoms with van der Waals surface area (Å²) < 4.78 is 6.50. The smallest absolute Gasteiger partial charge is 0.301 e. The highest BCUT2D eigenvalue weighted by atomic mass is 32.1. The molecule has 1 aliphatic heterocycles.